The predicted molar refractivity (Wildman–Crippen MR) is 85.6 cm³/mol. The molecule has 3 nitrogen and oxygen atoms in total. The van der Waals surface area contributed by atoms with Gasteiger partial charge < -0.3 is 9.15 Å². The van der Waals surface area contributed by atoms with E-state index in [4.69, 9.17) is 20.8 Å². The first-order valence-corrected chi connectivity index (χ1v) is 7.10. The van der Waals surface area contributed by atoms with Crippen LogP contribution in [0, 0.1) is 0 Å². The van der Waals surface area contributed by atoms with Gasteiger partial charge in [0.1, 0.15) is 11.3 Å². The van der Waals surface area contributed by atoms with Gasteiger partial charge in [-0.15, -0.1) is 0 Å². The highest BCUT2D eigenvalue weighted by Crippen LogP contribution is 2.23. The number of hydrogen-bond acceptors (Lipinski definition) is 3. The van der Waals surface area contributed by atoms with Crippen LogP contribution < -0.4 is 4.74 Å². The summed E-state index contributed by atoms with van der Waals surface area (Å²) in [6.45, 7) is 2.59. The molecule has 0 saturated heterocycles. The Balaban J connectivity index is 1.90. The van der Waals surface area contributed by atoms with Crippen molar-refractivity contribution in [3.05, 3.63) is 58.9 Å². The van der Waals surface area contributed by atoms with Gasteiger partial charge in [0.05, 0.1) is 6.61 Å². The second-order valence-corrected chi connectivity index (χ2v) is 4.90. The molecule has 0 aliphatic heterocycles. The van der Waals surface area contributed by atoms with Gasteiger partial charge in [-0.25, -0.2) is 4.98 Å². The molecule has 0 aliphatic rings. The van der Waals surface area contributed by atoms with Gasteiger partial charge in [-0.3, -0.25) is 0 Å². The quantitative estimate of drug-likeness (QED) is 0.676. The Labute approximate surface area is 127 Å². The van der Waals surface area contributed by atoms with Crippen LogP contribution in [0.3, 0.4) is 0 Å². The summed E-state index contributed by atoms with van der Waals surface area (Å²) in [5.74, 6) is 1.38. The summed E-state index contributed by atoms with van der Waals surface area (Å²) >= 11 is 5.94. The van der Waals surface area contributed by atoms with E-state index in [-0.39, 0.29) is 0 Å². The topological polar surface area (TPSA) is 35.3 Å². The van der Waals surface area contributed by atoms with Crippen LogP contribution in [-0.2, 0) is 0 Å². The summed E-state index contributed by atoms with van der Waals surface area (Å²) in [7, 11) is 0. The van der Waals surface area contributed by atoms with E-state index in [1.165, 1.54) is 0 Å². The van der Waals surface area contributed by atoms with E-state index < -0.39 is 0 Å². The summed E-state index contributed by atoms with van der Waals surface area (Å²) in [4.78, 5) is 4.39. The van der Waals surface area contributed by atoms with Crippen LogP contribution in [0.1, 0.15) is 18.4 Å². The van der Waals surface area contributed by atoms with Gasteiger partial charge in [-0.05, 0) is 37.3 Å². The van der Waals surface area contributed by atoms with Crippen molar-refractivity contribution in [3.8, 4) is 5.75 Å². The van der Waals surface area contributed by atoms with Crippen LogP contribution in [0.4, 0.5) is 0 Å². The molecule has 0 radical (unpaired) electrons. The lowest BCUT2D eigenvalue weighted by Gasteiger charge is -2.05. The fourth-order valence-electron chi connectivity index (χ4n) is 2.06. The minimum absolute atomic E-state index is 0.540. The van der Waals surface area contributed by atoms with Crippen LogP contribution in [0.5, 0.6) is 5.75 Å². The average Bonchev–Trinajstić information content (AvgIpc) is 2.88. The number of aromatic nitrogens is 1. The molecular formula is C17H14ClNO2. The molecule has 0 bridgehead atoms. The Kier molecular flexibility index (Phi) is 3.93. The molecule has 2 aromatic carbocycles. The lowest BCUT2D eigenvalue weighted by atomic mass is 10.2. The summed E-state index contributed by atoms with van der Waals surface area (Å²) in [6.07, 6.45) is 3.75. The maximum absolute atomic E-state index is 5.94. The maximum atomic E-state index is 5.94. The molecule has 21 heavy (non-hydrogen) atoms. The largest absolute Gasteiger partial charge is 0.493 e. The van der Waals surface area contributed by atoms with E-state index in [1.807, 2.05) is 49.4 Å². The number of oxazole rings is 1. The van der Waals surface area contributed by atoms with Crippen LogP contribution in [0.2, 0.25) is 5.02 Å². The Bertz CT molecular complexity index is 792. The summed E-state index contributed by atoms with van der Waals surface area (Å²) in [5.41, 5.74) is 2.46. The molecule has 0 spiro atoms. The third kappa shape index (κ3) is 3.09. The van der Waals surface area contributed by atoms with Crippen molar-refractivity contribution < 1.29 is 9.15 Å². The second kappa shape index (κ2) is 6.02. The molecule has 3 aromatic rings. The van der Waals surface area contributed by atoms with Gasteiger partial charge in [0.2, 0.25) is 5.89 Å². The Morgan fingerprint density at radius 2 is 2.05 bits per heavy atom. The first-order chi connectivity index (χ1) is 10.3. The Hall–Kier alpha value is -2.26. The van der Waals surface area contributed by atoms with Gasteiger partial charge in [-0.1, -0.05) is 29.8 Å². The van der Waals surface area contributed by atoms with Crippen LogP contribution in [-0.4, -0.2) is 11.6 Å². The number of benzene rings is 2. The maximum Gasteiger partial charge on any atom is 0.220 e. The van der Waals surface area contributed by atoms with Crippen molar-refractivity contribution in [2.75, 3.05) is 6.61 Å². The molecule has 0 saturated carbocycles. The number of para-hydroxylation sites is 1. The SMILES string of the molecule is CCOc1ccccc1C=Cc1nc2cc(Cl)ccc2o1. The van der Waals surface area contributed by atoms with Crippen molar-refractivity contribution in [2.45, 2.75) is 6.92 Å². The molecular weight excluding hydrogens is 286 g/mol. The average molecular weight is 300 g/mol. The number of halogens is 1. The number of nitrogens with zero attached hydrogens (tertiary/aromatic N) is 1. The van der Waals surface area contributed by atoms with E-state index in [2.05, 4.69) is 4.98 Å². The standard InChI is InChI=1S/C17H14ClNO2/c1-2-20-15-6-4-3-5-12(15)7-10-17-19-14-11-13(18)8-9-16(14)21-17/h3-11H,2H2,1H3. The fraction of sp³-hybridized carbons (Fsp3) is 0.118. The molecule has 0 unspecified atom stereocenters. The second-order valence-electron chi connectivity index (χ2n) is 4.47. The van der Waals surface area contributed by atoms with Crippen LogP contribution in [0.25, 0.3) is 23.3 Å². The van der Waals surface area contributed by atoms with Crippen LogP contribution in [0.15, 0.2) is 46.9 Å². The van der Waals surface area contributed by atoms with Gasteiger partial charge in [-0.2, -0.15) is 0 Å². The Morgan fingerprint density at radius 1 is 1.19 bits per heavy atom. The minimum Gasteiger partial charge on any atom is -0.493 e. The molecule has 1 heterocycles. The van der Waals surface area contributed by atoms with Gasteiger partial charge >= 0.3 is 0 Å². The summed E-state index contributed by atoms with van der Waals surface area (Å²) < 4.78 is 11.2. The van der Waals surface area contributed by atoms with E-state index >= 15 is 0 Å². The van der Waals surface area contributed by atoms with Crippen molar-refractivity contribution in [3.63, 3.8) is 0 Å². The van der Waals surface area contributed by atoms with Crippen molar-refractivity contribution in [1.82, 2.24) is 4.98 Å². The molecule has 0 aliphatic carbocycles. The molecule has 1 aromatic heterocycles. The number of hydrogen-bond donors (Lipinski definition) is 0. The highest BCUT2D eigenvalue weighted by molar-refractivity contribution is 6.31. The van der Waals surface area contributed by atoms with E-state index in [0.717, 1.165) is 22.4 Å². The smallest absolute Gasteiger partial charge is 0.220 e. The molecule has 0 amide bonds. The number of fused-ring (bicyclic) bond motifs is 1. The molecule has 0 N–H and O–H groups in total. The molecule has 106 valence electrons. The first kappa shape index (κ1) is 13.7. The van der Waals surface area contributed by atoms with Gasteiger partial charge in [0, 0.05) is 16.7 Å². The predicted octanol–water partition coefficient (Wildman–Crippen LogP) is 5.05. The summed E-state index contributed by atoms with van der Waals surface area (Å²) in [5, 5.41) is 0.646. The zero-order valence-corrected chi connectivity index (χ0v) is 12.3. The zero-order chi connectivity index (χ0) is 14.7. The zero-order valence-electron chi connectivity index (χ0n) is 11.5. The Morgan fingerprint density at radius 3 is 2.90 bits per heavy atom. The normalized spacial score (nSPS) is 11.3. The van der Waals surface area contributed by atoms with Crippen molar-refractivity contribution in [1.29, 1.82) is 0 Å². The lowest BCUT2D eigenvalue weighted by molar-refractivity contribution is 0.339. The highest BCUT2D eigenvalue weighted by Gasteiger charge is 2.04. The third-order valence-corrected chi connectivity index (χ3v) is 3.23. The van der Waals surface area contributed by atoms with Crippen molar-refractivity contribution >= 4 is 34.9 Å². The van der Waals surface area contributed by atoms with Crippen molar-refractivity contribution in [2.24, 2.45) is 0 Å². The monoisotopic (exact) mass is 299 g/mol. The third-order valence-electron chi connectivity index (χ3n) is 2.99. The molecule has 4 heteroatoms. The molecule has 0 fully saturated rings. The number of ether oxygens (including phenoxy) is 1. The number of rotatable bonds is 4. The van der Waals surface area contributed by atoms with Gasteiger partial charge in [0.15, 0.2) is 5.58 Å². The highest BCUT2D eigenvalue weighted by atomic mass is 35.5. The lowest BCUT2D eigenvalue weighted by Crippen LogP contribution is -1.92. The van der Waals surface area contributed by atoms with Gasteiger partial charge in [0.25, 0.3) is 0 Å². The van der Waals surface area contributed by atoms with Crippen LogP contribution >= 0.6 is 11.6 Å². The first-order valence-electron chi connectivity index (χ1n) is 6.72. The van der Waals surface area contributed by atoms with E-state index in [0.29, 0.717) is 17.5 Å². The van der Waals surface area contributed by atoms with E-state index in [9.17, 15) is 0 Å². The molecule has 3 rings (SSSR count). The minimum atomic E-state index is 0.540. The summed E-state index contributed by atoms with van der Waals surface area (Å²) in [6, 6.07) is 13.2. The van der Waals surface area contributed by atoms with E-state index in [1.54, 1.807) is 12.1 Å². The molecule has 0 atom stereocenters. The fourth-order valence-corrected chi connectivity index (χ4v) is 2.22.